The molecule has 0 spiro atoms. The fraction of sp³-hybridized carbons (Fsp3) is 0.529. The van der Waals surface area contributed by atoms with Crippen molar-refractivity contribution in [1.82, 2.24) is 9.80 Å². The van der Waals surface area contributed by atoms with Gasteiger partial charge in [0.1, 0.15) is 5.75 Å². The Morgan fingerprint density at radius 2 is 2.15 bits per heavy atom. The van der Waals surface area contributed by atoms with Gasteiger partial charge in [0.25, 0.3) is 0 Å². The first-order chi connectivity index (χ1) is 12.5. The summed E-state index contributed by atoms with van der Waals surface area (Å²) < 4.78 is 10.8. The lowest BCUT2D eigenvalue weighted by atomic mass is 10.1. The van der Waals surface area contributed by atoms with Crippen LogP contribution in [0, 0.1) is 5.92 Å². The molecule has 2 aliphatic rings. The number of urea groups is 1. The minimum atomic E-state index is -0.866. The normalized spacial score (nSPS) is 23.2. The highest BCUT2D eigenvalue weighted by Gasteiger charge is 2.36. The molecule has 2 N–H and O–H groups in total. The third-order valence-electron chi connectivity index (χ3n) is 4.57. The Hall–Kier alpha value is -2.03. The van der Waals surface area contributed by atoms with Crippen molar-refractivity contribution < 1.29 is 24.2 Å². The second kappa shape index (κ2) is 8.11. The highest BCUT2D eigenvalue weighted by molar-refractivity contribution is 6.32. The maximum atomic E-state index is 12.8. The Bertz CT molecular complexity index is 686. The van der Waals surface area contributed by atoms with Crippen molar-refractivity contribution in [3.8, 4) is 5.75 Å². The number of aliphatic carboxylic acids is 1. The molecule has 2 fully saturated rings. The second-order valence-corrected chi connectivity index (χ2v) is 6.98. The van der Waals surface area contributed by atoms with Crippen LogP contribution in [0.2, 0.25) is 5.02 Å². The van der Waals surface area contributed by atoms with E-state index in [2.05, 4.69) is 5.32 Å². The van der Waals surface area contributed by atoms with E-state index >= 15 is 0 Å². The summed E-state index contributed by atoms with van der Waals surface area (Å²) in [4.78, 5) is 27.5. The minimum Gasteiger partial charge on any atom is -0.495 e. The largest absolute Gasteiger partial charge is 0.495 e. The highest BCUT2D eigenvalue weighted by Crippen LogP contribution is 2.28. The molecule has 2 atom stereocenters. The van der Waals surface area contributed by atoms with Crippen LogP contribution in [0.3, 0.4) is 0 Å². The quantitative estimate of drug-likeness (QED) is 0.820. The number of methoxy groups -OCH3 is 1. The Kier molecular flexibility index (Phi) is 5.85. The van der Waals surface area contributed by atoms with Gasteiger partial charge in [-0.25, -0.2) is 4.79 Å². The van der Waals surface area contributed by atoms with Crippen LogP contribution >= 0.6 is 11.6 Å². The molecule has 8 nitrogen and oxygen atoms in total. The Morgan fingerprint density at radius 1 is 1.35 bits per heavy atom. The van der Waals surface area contributed by atoms with Crippen LogP contribution in [0.1, 0.15) is 0 Å². The predicted octanol–water partition coefficient (Wildman–Crippen LogP) is 1.60. The van der Waals surface area contributed by atoms with E-state index in [4.69, 9.17) is 26.2 Å². The SMILES string of the molecule is COc1ccc(NC(=O)N2C[C@H]3COC[C@@H]2CN(CC(=O)O)C3)cc1Cl. The van der Waals surface area contributed by atoms with Crippen LogP contribution in [0.5, 0.6) is 5.75 Å². The van der Waals surface area contributed by atoms with Crippen LogP contribution < -0.4 is 10.1 Å². The number of carbonyl (C=O) groups excluding carboxylic acids is 1. The van der Waals surface area contributed by atoms with Gasteiger partial charge in [-0.15, -0.1) is 0 Å². The smallest absolute Gasteiger partial charge is 0.322 e. The first-order valence-electron chi connectivity index (χ1n) is 8.39. The number of rotatable bonds is 4. The number of benzene rings is 1. The Balaban J connectivity index is 1.72. The monoisotopic (exact) mass is 383 g/mol. The molecule has 0 saturated carbocycles. The van der Waals surface area contributed by atoms with Crippen molar-refractivity contribution in [2.24, 2.45) is 5.92 Å². The molecule has 2 bridgehead atoms. The summed E-state index contributed by atoms with van der Waals surface area (Å²) in [6.45, 7) is 2.47. The van der Waals surface area contributed by atoms with E-state index in [1.807, 2.05) is 4.90 Å². The second-order valence-electron chi connectivity index (χ2n) is 6.58. The lowest BCUT2D eigenvalue weighted by molar-refractivity contribution is -0.138. The summed E-state index contributed by atoms with van der Waals surface area (Å²) in [5, 5.41) is 12.3. The summed E-state index contributed by atoms with van der Waals surface area (Å²) >= 11 is 6.11. The Morgan fingerprint density at radius 3 is 2.85 bits per heavy atom. The van der Waals surface area contributed by atoms with Crippen molar-refractivity contribution in [3.05, 3.63) is 23.2 Å². The number of hydrogen-bond donors (Lipinski definition) is 2. The van der Waals surface area contributed by atoms with E-state index in [9.17, 15) is 9.59 Å². The number of nitrogens with zero attached hydrogens (tertiary/aromatic N) is 2. The molecule has 0 radical (unpaired) electrons. The van der Waals surface area contributed by atoms with Gasteiger partial charge in [0, 0.05) is 31.2 Å². The van der Waals surface area contributed by atoms with E-state index < -0.39 is 5.97 Å². The average molecular weight is 384 g/mol. The molecule has 2 amide bonds. The van der Waals surface area contributed by atoms with Crippen LogP contribution in [-0.4, -0.2) is 79.5 Å². The minimum absolute atomic E-state index is 0.0312. The maximum absolute atomic E-state index is 12.8. The molecule has 0 aliphatic carbocycles. The number of nitrogens with one attached hydrogen (secondary N) is 1. The number of carbonyl (C=O) groups is 2. The number of amides is 2. The summed E-state index contributed by atoms with van der Waals surface area (Å²) in [5.74, 6) is -0.255. The average Bonchev–Trinajstić information content (AvgIpc) is 2.85. The fourth-order valence-corrected chi connectivity index (χ4v) is 3.71. The fourth-order valence-electron chi connectivity index (χ4n) is 3.45. The molecule has 142 valence electrons. The first-order valence-corrected chi connectivity index (χ1v) is 8.77. The highest BCUT2D eigenvalue weighted by atomic mass is 35.5. The van der Waals surface area contributed by atoms with Gasteiger partial charge in [-0.2, -0.15) is 0 Å². The van der Waals surface area contributed by atoms with Crippen molar-refractivity contribution in [2.75, 3.05) is 51.8 Å². The molecule has 26 heavy (non-hydrogen) atoms. The summed E-state index contributed by atoms with van der Waals surface area (Å²) in [6, 6.07) is 4.60. The maximum Gasteiger partial charge on any atom is 0.322 e. The topological polar surface area (TPSA) is 91.3 Å². The molecule has 2 aliphatic heterocycles. The van der Waals surface area contributed by atoms with Gasteiger partial charge in [-0.05, 0) is 18.2 Å². The number of ether oxygens (including phenoxy) is 2. The van der Waals surface area contributed by atoms with Gasteiger partial charge in [0.15, 0.2) is 0 Å². The van der Waals surface area contributed by atoms with E-state index in [1.165, 1.54) is 7.11 Å². The lowest BCUT2D eigenvalue weighted by Crippen LogP contribution is -2.48. The number of anilines is 1. The number of halogens is 1. The van der Waals surface area contributed by atoms with E-state index in [0.717, 1.165) is 0 Å². The zero-order valence-corrected chi connectivity index (χ0v) is 15.2. The molecule has 0 aromatic heterocycles. The van der Waals surface area contributed by atoms with Crippen LogP contribution in [-0.2, 0) is 9.53 Å². The predicted molar refractivity (Wildman–Crippen MR) is 95.9 cm³/mol. The first kappa shape index (κ1) is 18.8. The van der Waals surface area contributed by atoms with Crippen molar-refractivity contribution in [3.63, 3.8) is 0 Å². The molecule has 2 heterocycles. The van der Waals surface area contributed by atoms with E-state index in [1.54, 1.807) is 23.1 Å². The van der Waals surface area contributed by atoms with Gasteiger partial charge in [0.2, 0.25) is 0 Å². The van der Waals surface area contributed by atoms with Crippen LogP contribution in [0.4, 0.5) is 10.5 Å². The number of hydrogen-bond acceptors (Lipinski definition) is 5. The van der Waals surface area contributed by atoms with Gasteiger partial charge in [0.05, 0.1) is 37.9 Å². The van der Waals surface area contributed by atoms with Gasteiger partial charge in [-0.3, -0.25) is 9.69 Å². The summed E-state index contributed by atoms with van der Waals surface area (Å²) in [5.41, 5.74) is 0.572. The molecule has 2 saturated heterocycles. The number of carboxylic acid groups (broad SMARTS) is 1. The molecule has 0 unspecified atom stereocenters. The zero-order chi connectivity index (χ0) is 18.7. The molecule has 1 aromatic rings. The molecule has 1 aromatic carbocycles. The van der Waals surface area contributed by atoms with E-state index in [-0.39, 0.29) is 24.5 Å². The van der Waals surface area contributed by atoms with Crippen molar-refractivity contribution in [1.29, 1.82) is 0 Å². The zero-order valence-electron chi connectivity index (χ0n) is 14.5. The summed E-state index contributed by atoms with van der Waals surface area (Å²) in [6.07, 6.45) is 0. The standard InChI is InChI=1S/C17H22ClN3O5/c1-25-15-3-2-12(4-14(15)18)19-17(24)21-6-11-5-20(8-16(22)23)7-13(21)10-26-9-11/h2-4,11,13H,5-10H2,1H3,(H,19,24)(H,22,23)/t11-,13-/m0/s1. The molecule has 9 heteroatoms. The molecular formula is C17H22ClN3O5. The van der Waals surface area contributed by atoms with Gasteiger partial charge >= 0.3 is 12.0 Å². The molecular weight excluding hydrogens is 362 g/mol. The van der Waals surface area contributed by atoms with E-state index in [0.29, 0.717) is 49.3 Å². The van der Waals surface area contributed by atoms with Gasteiger partial charge < -0.3 is 24.8 Å². The third kappa shape index (κ3) is 4.38. The Labute approximate surface area is 156 Å². The summed E-state index contributed by atoms with van der Waals surface area (Å²) in [7, 11) is 1.53. The van der Waals surface area contributed by atoms with Crippen molar-refractivity contribution >= 4 is 29.3 Å². The number of carboxylic acids is 1. The molecule has 3 rings (SSSR count). The lowest BCUT2D eigenvalue weighted by Gasteiger charge is -2.30. The number of fused-ring (bicyclic) bond motifs is 3. The van der Waals surface area contributed by atoms with Crippen LogP contribution in [0.25, 0.3) is 0 Å². The van der Waals surface area contributed by atoms with Crippen molar-refractivity contribution in [2.45, 2.75) is 6.04 Å². The van der Waals surface area contributed by atoms with Crippen LogP contribution in [0.15, 0.2) is 18.2 Å². The third-order valence-corrected chi connectivity index (χ3v) is 4.86. The van der Waals surface area contributed by atoms with Gasteiger partial charge in [-0.1, -0.05) is 11.6 Å².